The molecule has 0 amide bonds. The summed E-state index contributed by atoms with van der Waals surface area (Å²) in [4.78, 5) is 0. The highest BCUT2D eigenvalue weighted by Crippen LogP contribution is 2.07. The minimum absolute atomic E-state index is 1.10. The molecule has 0 rings (SSSR count). The van der Waals surface area contributed by atoms with E-state index in [2.05, 4.69) is 25.2 Å². The highest BCUT2D eigenvalue weighted by Gasteiger charge is 2.21. The fourth-order valence-electron chi connectivity index (χ4n) is 0. The number of halogens is 12. The molecule has 0 aliphatic rings. The van der Waals surface area contributed by atoms with Crippen LogP contribution in [0.5, 0.6) is 0 Å². The summed E-state index contributed by atoms with van der Waals surface area (Å²) in [7, 11) is -19.1. The second kappa shape index (κ2) is 10.8. The van der Waals surface area contributed by atoms with Crippen LogP contribution in [-0.2, 0) is 0 Å². The van der Waals surface area contributed by atoms with Gasteiger partial charge < -0.3 is 51.8 Å². The summed E-state index contributed by atoms with van der Waals surface area (Å²) in [5, 5.41) is 0. The Balaban J connectivity index is -0.0000000921. The molecule has 0 N–H and O–H groups in total. The van der Waals surface area contributed by atoms with E-state index in [1.807, 2.05) is 0 Å². The smallest absolute Gasteiger partial charge is 0.418 e. The lowest BCUT2D eigenvalue weighted by molar-refractivity contribution is 0.366. The summed E-state index contributed by atoms with van der Waals surface area (Å²) in [5.74, 6) is 0. The van der Waals surface area contributed by atoms with Crippen molar-refractivity contribution in [1.82, 2.24) is 0 Å². The van der Waals surface area contributed by atoms with Gasteiger partial charge in [-0.05, 0) is 0 Å². The molecule has 0 saturated carbocycles. The molecule has 0 unspecified atom stereocenters. The van der Waals surface area contributed by atoms with E-state index in [1.54, 1.807) is 0 Å². The van der Waals surface area contributed by atoms with Crippen molar-refractivity contribution in [2.75, 3.05) is 0 Å². The first-order valence-corrected chi connectivity index (χ1v) is 8.16. The van der Waals surface area contributed by atoms with Gasteiger partial charge in [0.2, 0.25) is 0 Å². The molecule has 0 fully saturated rings. The van der Waals surface area contributed by atoms with Gasteiger partial charge in [-0.15, -0.1) is 12.0 Å². The van der Waals surface area contributed by atoms with E-state index in [0.29, 0.717) is 0 Å². The molecule has 0 saturated heterocycles. The van der Waals surface area contributed by atoms with Crippen LogP contribution in [0.25, 0.3) is 0 Å². The van der Waals surface area contributed by atoms with E-state index in [4.69, 9.17) is 6.42 Å². The molecular weight excluding hydrogens is 349 g/mol. The predicted octanol–water partition coefficient (Wildman–Crippen LogP) is 5.40. The Kier molecular flexibility index (Phi) is 14.6. The zero-order chi connectivity index (χ0) is 18.7. The first kappa shape index (κ1) is 28.3. The third kappa shape index (κ3) is 1240. The van der Waals surface area contributed by atoms with Crippen molar-refractivity contribution in [3.05, 3.63) is 0 Å². The van der Waals surface area contributed by atoms with Crippen molar-refractivity contribution in [2.24, 2.45) is 0 Å². The standard InChI is InChI=1S/C5H10Si.3BF4/c1-5-6(2,3)4;3*2-1(3,4)5/h1H,2-4H3;;;/q;3*-1. The summed E-state index contributed by atoms with van der Waals surface area (Å²) >= 11 is 0. The van der Waals surface area contributed by atoms with Crippen LogP contribution in [0, 0.1) is 12.0 Å². The quantitative estimate of drug-likeness (QED) is 0.309. The maximum absolute atomic E-state index is 9.75. The Morgan fingerprint density at radius 1 is 0.571 bits per heavy atom. The monoisotopic (exact) mass is 359 g/mol. The molecule has 0 nitrogen and oxygen atoms in total. The van der Waals surface area contributed by atoms with Crippen molar-refractivity contribution < 1.29 is 51.8 Å². The first-order valence-electron chi connectivity index (χ1n) is 4.66. The molecule has 0 aliphatic carbocycles. The third-order valence-corrected chi connectivity index (χ3v) is 1.30. The molecule has 130 valence electrons. The minimum Gasteiger partial charge on any atom is -0.418 e. The van der Waals surface area contributed by atoms with E-state index < -0.39 is 29.8 Å². The van der Waals surface area contributed by atoms with Crippen LogP contribution in [0.3, 0.4) is 0 Å². The van der Waals surface area contributed by atoms with Crippen LogP contribution < -0.4 is 0 Å². The molecule has 21 heavy (non-hydrogen) atoms. The van der Waals surface area contributed by atoms with Gasteiger partial charge in [0.15, 0.2) is 0 Å². The van der Waals surface area contributed by atoms with Crippen LogP contribution >= 0.6 is 0 Å². The lowest BCUT2D eigenvalue weighted by atomic mass is 10.3. The Labute approximate surface area is 114 Å². The van der Waals surface area contributed by atoms with Gasteiger partial charge in [-0.3, -0.25) is 0 Å². The molecule has 0 aromatic rings. The maximum atomic E-state index is 9.75. The summed E-state index contributed by atoms with van der Waals surface area (Å²) < 4.78 is 117. The van der Waals surface area contributed by atoms with Crippen LogP contribution in [0.2, 0.25) is 19.6 Å². The molecule has 0 radical (unpaired) electrons. The topological polar surface area (TPSA) is 0 Å². The average molecular weight is 359 g/mol. The summed E-state index contributed by atoms with van der Waals surface area (Å²) in [6.07, 6.45) is 5.12. The number of terminal acetylenes is 1. The van der Waals surface area contributed by atoms with Gasteiger partial charge in [-0.25, -0.2) is 0 Å². The van der Waals surface area contributed by atoms with Gasteiger partial charge in [0.05, 0.1) is 0 Å². The predicted molar refractivity (Wildman–Crippen MR) is 62.7 cm³/mol. The molecule has 16 heteroatoms. The largest absolute Gasteiger partial charge is 0.673 e. The number of hydrogen-bond acceptors (Lipinski definition) is 0. The molecule has 0 atom stereocenters. The van der Waals surface area contributed by atoms with Gasteiger partial charge in [-0.1, -0.05) is 19.6 Å². The van der Waals surface area contributed by atoms with Crippen LogP contribution in [0.15, 0.2) is 0 Å². The van der Waals surface area contributed by atoms with Crippen molar-refractivity contribution in [3.63, 3.8) is 0 Å². The molecule has 0 bridgehead atoms. The van der Waals surface area contributed by atoms with Crippen molar-refractivity contribution >= 4 is 29.8 Å². The van der Waals surface area contributed by atoms with Gasteiger partial charge in [0, 0.05) is 0 Å². The van der Waals surface area contributed by atoms with Gasteiger partial charge in [0.1, 0.15) is 8.07 Å². The third-order valence-electron chi connectivity index (χ3n) is 0.433. The highest BCUT2D eigenvalue weighted by molar-refractivity contribution is 6.83. The number of hydrogen-bond donors (Lipinski definition) is 0. The maximum Gasteiger partial charge on any atom is 0.673 e. The molecular formula is C5H10B3F12Si-3. The van der Waals surface area contributed by atoms with E-state index >= 15 is 0 Å². The van der Waals surface area contributed by atoms with Crippen LogP contribution in [0.1, 0.15) is 0 Å². The van der Waals surface area contributed by atoms with Gasteiger partial charge in [-0.2, -0.15) is 0 Å². The fraction of sp³-hybridized carbons (Fsp3) is 0.600. The van der Waals surface area contributed by atoms with E-state index in [9.17, 15) is 51.8 Å². The fourth-order valence-corrected chi connectivity index (χ4v) is 0. The Hall–Kier alpha value is -0.868. The molecule has 0 spiro atoms. The van der Waals surface area contributed by atoms with Crippen molar-refractivity contribution in [1.29, 1.82) is 0 Å². The zero-order valence-electron chi connectivity index (χ0n) is 10.8. The van der Waals surface area contributed by atoms with E-state index in [1.165, 1.54) is 0 Å². The van der Waals surface area contributed by atoms with Crippen molar-refractivity contribution in [3.8, 4) is 12.0 Å². The Morgan fingerprint density at radius 3 is 0.619 bits per heavy atom. The Morgan fingerprint density at radius 2 is 0.619 bits per heavy atom. The van der Waals surface area contributed by atoms with E-state index in [-0.39, 0.29) is 0 Å². The number of rotatable bonds is 0. The summed E-state index contributed by atoms with van der Waals surface area (Å²) in [5.41, 5.74) is 2.74. The zero-order valence-corrected chi connectivity index (χ0v) is 11.8. The second-order valence-corrected chi connectivity index (χ2v) is 8.67. The lowest BCUT2D eigenvalue weighted by Gasteiger charge is -2.00. The minimum atomic E-state index is -6.00. The molecule has 0 heterocycles. The SMILES string of the molecule is C#C[Si](C)(C)C.F[B-](F)(F)F.F[B-](F)(F)F.F[B-](F)(F)F. The Bertz CT molecular complexity index is 233. The van der Waals surface area contributed by atoms with Gasteiger partial charge in [0.25, 0.3) is 0 Å². The summed E-state index contributed by atoms with van der Waals surface area (Å²) in [6, 6.07) is 0. The van der Waals surface area contributed by atoms with Gasteiger partial charge >= 0.3 is 21.8 Å². The average Bonchev–Trinajstić information content (AvgIpc) is 1.91. The van der Waals surface area contributed by atoms with Crippen LogP contribution in [0.4, 0.5) is 51.8 Å². The van der Waals surface area contributed by atoms with Crippen LogP contribution in [-0.4, -0.2) is 29.8 Å². The lowest BCUT2D eigenvalue weighted by Crippen LogP contribution is -2.15. The first-order chi connectivity index (χ1) is 8.56. The van der Waals surface area contributed by atoms with E-state index in [0.717, 1.165) is 0 Å². The second-order valence-electron chi connectivity index (χ2n) is 3.88. The molecule has 0 aromatic heterocycles. The molecule has 0 aliphatic heterocycles. The normalized spacial score (nSPS) is 11.5. The molecule has 0 aromatic carbocycles. The highest BCUT2D eigenvalue weighted by atomic mass is 28.3. The van der Waals surface area contributed by atoms with Crippen molar-refractivity contribution in [2.45, 2.75) is 19.6 Å². The summed E-state index contributed by atoms with van der Waals surface area (Å²) in [6.45, 7) is 6.44.